The Bertz CT molecular complexity index is 452. The molecule has 2 rings (SSSR count). The van der Waals surface area contributed by atoms with Crippen LogP contribution < -0.4 is 5.32 Å². The third-order valence-electron chi connectivity index (χ3n) is 3.79. The van der Waals surface area contributed by atoms with Gasteiger partial charge < -0.3 is 10.4 Å². The SMILES string of the molecule is O=C(NCC1(CBr)CCCC1)c1c(O)cccc1F. The molecule has 104 valence electrons. The monoisotopic (exact) mass is 329 g/mol. The van der Waals surface area contributed by atoms with Crippen LogP contribution in [0.4, 0.5) is 4.39 Å². The lowest BCUT2D eigenvalue weighted by Gasteiger charge is -2.26. The van der Waals surface area contributed by atoms with Gasteiger partial charge in [0.25, 0.3) is 5.91 Å². The summed E-state index contributed by atoms with van der Waals surface area (Å²) in [7, 11) is 0. The lowest BCUT2D eigenvalue weighted by Crippen LogP contribution is -2.37. The van der Waals surface area contributed by atoms with Crippen LogP contribution in [0.25, 0.3) is 0 Å². The van der Waals surface area contributed by atoms with E-state index in [1.165, 1.54) is 18.2 Å². The van der Waals surface area contributed by atoms with E-state index in [2.05, 4.69) is 21.2 Å². The zero-order valence-corrected chi connectivity index (χ0v) is 12.2. The highest BCUT2D eigenvalue weighted by molar-refractivity contribution is 9.09. The molecule has 0 aliphatic heterocycles. The van der Waals surface area contributed by atoms with E-state index in [1.54, 1.807) is 0 Å². The number of rotatable bonds is 4. The van der Waals surface area contributed by atoms with E-state index >= 15 is 0 Å². The first kappa shape index (κ1) is 14.3. The van der Waals surface area contributed by atoms with Crippen LogP contribution >= 0.6 is 15.9 Å². The molecular weight excluding hydrogens is 313 g/mol. The van der Waals surface area contributed by atoms with Crippen molar-refractivity contribution in [3.63, 3.8) is 0 Å². The van der Waals surface area contributed by atoms with Crippen LogP contribution in [-0.2, 0) is 0 Å². The van der Waals surface area contributed by atoms with Crippen LogP contribution in [0.3, 0.4) is 0 Å². The van der Waals surface area contributed by atoms with Crippen molar-refractivity contribution < 1.29 is 14.3 Å². The van der Waals surface area contributed by atoms with Crippen molar-refractivity contribution in [1.29, 1.82) is 0 Å². The highest BCUT2D eigenvalue weighted by atomic mass is 79.9. The minimum absolute atomic E-state index is 0.0660. The van der Waals surface area contributed by atoms with E-state index in [9.17, 15) is 14.3 Å². The number of phenols is 1. The summed E-state index contributed by atoms with van der Waals surface area (Å²) in [5.74, 6) is -1.57. The fourth-order valence-corrected chi connectivity index (χ4v) is 3.34. The second-order valence-corrected chi connectivity index (χ2v) is 5.72. The standard InChI is InChI=1S/C14H17BrFNO2/c15-8-14(6-1-2-7-14)9-17-13(19)12-10(16)4-3-5-11(12)18/h3-5,18H,1-2,6-9H2,(H,17,19). The number of halogens is 2. The molecule has 0 radical (unpaired) electrons. The average molecular weight is 330 g/mol. The zero-order valence-electron chi connectivity index (χ0n) is 10.6. The molecule has 5 heteroatoms. The molecule has 1 amide bonds. The van der Waals surface area contributed by atoms with Crippen LogP contribution in [-0.4, -0.2) is 22.9 Å². The topological polar surface area (TPSA) is 49.3 Å². The van der Waals surface area contributed by atoms with Gasteiger partial charge in [-0.2, -0.15) is 0 Å². The number of benzene rings is 1. The fourth-order valence-electron chi connectivity index (χ4n) is 2.58. The van der Waals surface area contributed by atoms with E-state index in [-0.39, 0.29) is 16.7 Å². The molecule has 19 heavy (non-hydrogen) atoms. The van der Waals surface area contributed by atoms with E-state index in [4.69, 9.17) is 0 Å². The number of amides is 1. The van der Waals surface area contributed by atoms with Crippen molar-refractivity contribution in [3.8, 4) is 5.75 Å². The van der Waals surface area contributed by atoms with E-state index < -0.39 is 11.7 Å². The fraction of sp³-hybridized carbons (Fsp3) is 0.500. The molecular formula is C14H17BrFNO2. The number of carbonyl (C=O) groups excluding carboxylic acids is 1. The van der Waals surface area contributed by atoms with Gasteiger partial charge in [-0.15, -0.1) is 0 Å². The number of carbonyl (C=O) groups is 1. The van der Waals surface area contributed by atoms with Crippen LogP contribution in [0.5, 0.6) is 5.75 Å². The first-order chi connectivity index (χ1) is 9.08. The van der Waals surface area contributed by atoms with Gasteiger partial charge in [-0.05, 0) is 30.4 Å². The van der Waals surface area contributed by atoms with Crippen molar-refractivity contribution in [1.82, 2.24) is 5.32 Å². The Balaban J connectivity index is 2.05. The predicted octanol–water partition coefficient (Wildman–Crippen LogP) is 3.22. The number of hydrogen-bond donors (Lipinski definition) is 2. The molecule has 2 N–H and O–H groups in total. The van der Waals surface area contributed by atoms with Crippen LogP contribution in [0.2, 0.25) is 0 Å². The van der Waals surface area contributed by atoms with E-state index in [0.29, 0.717) is 6.54 Å². The summed E-state index contributed by atoms with van der Waals surface area (Å²) in [6, 6.07) is 3.86. The molecule has 1 aromatic rings. The van der Waals surface area contributed by atoms with Crippen molar-refractivity contribution in [2.45, 2.75) is 25.7 Å². The number of alkyl halides is 1. The second kappa shape index (κ2) is 5.90. The summed E-state index contributed by atoms with van der Waals surface area (Å²) in [6.07, 6.45) is 4.43. The van der Waals surface area contributed by atoms with Gasteiger partial charge in [0.15, 0.2) is 0 Å². The quantitative estimate of drug-likeness (QED) is 0.833. The van der Waals surface area contributed by atoms with E-state index in [0.717, 1.165) is 31.0 Å². The summed E-state index contributed by atoms with van der Waals surface area (Å²) in [6.45, 7) is 0.505. The summed E-state index contributed by atoms with van der Waals surface area (Å²) in [5.41, 5.74) is -0.207. The Morgan fingerprint density at radius 3 is 2.68 bits per heavy atom. The largest absolute Gasteiger partial charge is 0.507 e. The molecule has 0 spiro atoms. The minimum Gasteiger partial charge on any atom is -0.507 e. The molecule has 1 aliphatic carbocycles. The maximum atomic E-state index is 13.5. The van der Waals surface area contributed by atoms with Crippen LogP contribution in [0.15, 0.2) is 18.2 Å². The Morgan fingerprint density at radius 1 is 1.42 bits per heavy atom. The van der Waals surface area contributed by atoms with Crippen molar-refractivity contribution in [2.75, 3.05) is 11.9 Å². The predicted molar refractivity (Wildman–Crippen MR) is 75.1 cm³/mol. The van der Waals surface area contributed by atoms with Crippen molar-refractivity contribution in [3.05, 3.63) is 29.6 Å². The van der Waals surface area contributed by atoms with E-state index in [1.807, 2.05) is 0 Å². The van der Waals surface area contributed by atoms with Crippen LogP contribution in [0, 0.1) is 11.2 Å². The molecule has 0 unspecified atom stereocenters. The maximum Gasteiger partial charge on any atom is 0.258 e. The average Bonchev–Trinajstić information content (AvgIpc) is 2.86. The van der Waals surface area contributed by atoms with Gasteiger partial charge in [0.1, 0.15) is 17.1 Å². The Hall–Kier alpha value is -1.10. The van der Waals surface area contributed by atoms with Gasteiger partial charge in [-0.25, -0.2) is 4.39 Å². The number of nitrogens with one attached hydrogen (secondary N) is 1. The number of hydrogen-bond acceptors (Lipinski definition) is 2. The molecule has 0 aromatic heterocycles. The first-order valence-electron chi connectivity index (χ1n) is 6.40. The molecule has 0 atom stereocenters. The Morgan fingerprint density at radius 2 is 2.11 bits per heavy atom. The molecule has 0 bridgehead atoms. The smallest absolute Gasteiger partial charge is 0.258 e. The lowest BCUT2D eigenvalue weighted by atomic mass is 9.89. The summed E-state index contributed by atoms with van der Waals surface area (Å²) >= 11 is 3.49. The molecule has 3 nitrogen and oxygen atoms in total. The summed E-state index contributed by atoms with van der Waals surface area (Å²) < 4.78 is 13.5. The van der Waals surface area contributed by atoms with Gasteiger partial charge in [0, 0.05) is 11.9 Å². The third kappa shape index (κ3) is 3.08. The summed E-state index contributed by atoms with van der Waals surface area (Å²) in [5, 5.41) is 13.1. The molecule has 0 heterocycles. The first-order valence-corrected chi connectivity index (χ1v) is 7.52. The number of phenolic OH excluding ortho intramolecular Hbond substituents is 1. The van der Waals surface area contributed by atoms with Gasteiger partial charge in [-0.1, -0.05) is 34.8 Å². The summed E-state index contributed by atoms with van der Waals surface area (Å²) in [4.78, 5) is 12.0. The maximum absolute atomic E-state index is 13.5. The van der Waals surface area contributed by atoms with Gasteiger partial charge in [0.05, 0.1) is 0 Å². The van der Waals surface area contributed by atoms with Crippen molar-refractivity contribution >= 4 is 21.8 Å². The number of aromatic hydroxyl groups is 1. The molecule has 0 saturated heterocycles. The highest BCUT2D eigenvalue weighted by Gasteiger charge is 2.33. The molecule has 1 saturated carbocycles. The highest BCUT2D eigenvalue weighted by Crippen LogP contribution is 2.39. The normalized spacial score (nSPS) is 17.4. The van der Waals surface area contributed by atoms with Gasteiger partial charge in [0.2, 0.25) is 0 Å². The minimum atomic E-state index is -0.697. The lowest BCUT2D eigenvalue weighted by molar-refractivity contribution is 0.0928. The third-order valence-corrected chi connectivity index (χ3v) is 4.98. The Labute approximate surface area is 120 Å². The Kier molecular flexibility index (Phi) is 4.45. The second-order valence-electron chi connectivity index (χ2n) is 5.16. The van der Waals surface area contributed by atoms with Crippen LogP contribution in [0.1, 0.15) is 36.0 Å². The molecule has 1 fully saturated rings. The molecule has 1 aliphatic rings. The molecule has 1 aromatic carbocycles. The van der Waals surface area contributed by atoms with Crippen molar-refractivity contribution in [2.24, 2.45) is 5.41 Å². The zero-order chi connectivity index (χ0) is 13.9. The van der Waals surface area contributed by atoms with Gasteiger partial charge in [-0.3, -0.25) is 4.79 Å². The van der Waals surface area contributed by atoms with Gasteiger partial charge >= 0.3 is 0 Å².